The number of ether oxygens (including phenoxy) is 1. The van der Waals surface area contributed by atoms with Gasteiger partial charge in [-0.3, -0.25) is 0 Å². The second kappa shape index (κ2) is 5.13. The van der Waals surface area contributed by atoms with Crippen molar-refractivity contribution in [3.8, 4) is 0 Å². The molecule has 0 bridgehead atoms. The zero-order chi connectivity index (χ0) is 12.3. The lowest BCUT2D eigenvalue weighted by atomic mass is 9.93. The van der Waals surface area contributed by atoms with Crippen LogP contribution in [-0.2, 0) is 11.2 Å². The first-order valence-corrected chi connectivity index (χ1v) is 5.50. The molecule has 0 saturated heterocycles. The predicted octanol–water partition coefficient (Wildman–Crippen LogP) is 2.77. The molecule has 0 amide bonds. The fourth-order valence-corrected chi connectivity index (χ4v) is 1.58. The Morgan fingerprint density at radius 2 is 2.12 bits per heavy atom. The molecule has 0 radical (unpaired) electrons. The van der Waals surface area contributed by atoms with E-state index in [1.54, 1.807) is 19.2 Å². The Balaban J connectivity index is 2.89. The minimum absolute atomic E-state index is 0.313. The van der Waals surface area contributed by atoms with Gasteiger partial charge in [-0.05, 0) is 32.4 Å². The fourth-order valence-electron chi connectivity index (χ4n) is 1.34. The number of benzene rings is 1. The lowest BCUT2D eigenvalue weighted by Gasteiger charge is -2.30. The normalized spacial score (nSPS) is 13.9. The first-order chi connectivity index (χ1) is 7.38. The molecule has 16 heavy (non-hydrogen) atoms. The molecule has 1 atom stereocenters. The van der Waals surface area contributed by atoms with Crippen molar-refractivity contribution in [2.45, 2.75) is 31.9 Å². The van der Waals surface area contributed by atoms with Gasteiger partial charge in [0, 0.05) is 23.7 Å². The van der Waals surface area contributed by atoms with Crippen LogP contribution >= 0.6 is 11.6 Å². The largest absolute Gasteiger partial charge is 0.377 e. The van der Waals surface area contributed by atoms with Crippen molar-refractivity contribution in [3.63, 3.8) is 0 Å². The zero-order valence-corrected chi connectivity index (χ0v) is 10.5. The Kier molecular flexibility index (Phi) is 4.30. The van der Waals surface area contributed by atoms with Gasteiger partial charge < -0.3 is 10.5 Å². The van der Waals surface area contributed by atoms with Gasteiger partial charge in [0.05, 0.1) is 5.60 Å². The van der Waals surface area contributed by atoms with Crippen LogP contribution in [-0.4, -0.2) is 18.8 Å². The summed E-state index contributed by atoms with van der Waals surface area (Å²) >= 11 is 5.93. The van der Waals surface area contributed by atoms with Crippen molar-refractivity contribution in [1.82, 2.24) is 0 Å². The van der Waals surface area contributed by atoms with E-state index in [2.05, 4.69) is 0 Å². The van der Waals surface area contributed by atoms with Crippen LogP contribution in [0.5, 0.6) is 0 Å². The van der Waals surface area contributed by atoms with Crippen LogP contribution in [0.15, 0.2) is 18.2 Å². The zero-order valence-electron chi connectivity index (χ0n) is 9.76. The van der Waals surface area contributed by atoms with Crippen molar-refractivity contribution in [2.24, 2.45) is 5.73 Å². The highest BCUT2D eigenvalue weighted by atomic mass is 35.5. The Morgan fingerprint density at radius 3 is 2.62 bits per heavy atom. The molecule has 0 aromatic heterocycles. The van der Waals surface area contributed by atoms with Crippen LogP contribution in [0.3, 0.4) is 0 Å². The molecule has 1 unspecified atom stereocenters. The molecular weight excluding hydrogens is 229 g/mol. The van der Waals surface area contributed by atoms with Crippen molar-refractivity contribution in [3.05, 3.63) is 34.6 Å². The van der Waals surface area contributed by atoms with Crippen molar-refractivity contribution >= 4 is 11.6 Å². The molecule has 0 fully saturated rings. The summed E-state index contributed by atoms with van der Waals surface area (Å²) in [5.74, 6) is -0.324. The maximum absolute atomic E-state index is 13.5. The van der Waals surface area contributed by atoms with Gasteiger partial charge in [-0.25, -0.2) is 4.39 Å². The molecule has 0 saturated carbocycles. The molecule has 0 aliphatic carbocycles. The van der Waals surface area contributed by atoms with Gasteiger partial charge in [-0.2, -0.15) is 0 Å². The number of halogens is 2. The number of methoxy groups -OCH3 is 1. The molecule has 90 valence electrons. The quantitative estimate of drug-likeness (QED) is 0.885. The second-order valence-electron chi connectivity index (χ2n) is 4.32. The Morgan fingerprint density at radius 1 is 1.50 bits per heavy atom. The molecule has 0 spiro atoms. The molecule has 1 aromatic carbocycles. The molecule has 4 heteroatoms. The summed E-state index contributed by atoms with van der Waals surface area (Å²) in [6.07, 6.45) is 0.354. The summed E-state index contributed by atoms with van der Waals surface area (Å²) in [4.78, 5) is 0. The smallest absolute Gasteiger partial charge is 0.127 e. The van der Waals surface area contributed by atoms with Gasteiger partial charge in [0.25, 0.3) is 0 Å². The Hall–Kier alpha value is -0.640. The van der Waals surface area contributed by atoms with E-state index in [0.29, 0.717) is 17.0 Å². The average molecular weight is 246 g/mol. The third kappa shape index (κ3) is 2.94. The standard InChI is InChI=1S/C12H17ClFNO/c1-12(2,16-3)11(15)7-8-9(13)5-4-6-10(8)14/h4-6,11H,7,15H2,1-3H3. The van der Waals surface area contributed by atoms with E-state index in [9.17, 15) is 4.39 Å². The molecule has 2 N–H and O–H groups in total. The summed E-state index contributed by atoms with van der Waals surface area (Å²) in [7, 11) is 1.59. The summed E-state index contributed by atoms with van der Waals surface area (Å²) in [6, 6.07) is 4.31. The van der Waals surface area contributed by atoms with Crippen LogP contribution in [0.2, 0.25) is 5.02 Å². The van der Waals surface area contributed by atoms with Crippen LogP contribution in [0, 0.1) is 5.82 Å². The van der Waals surface area contributed by atoms with E-state index < -0.39 is 5.60 Å². The molecule has 1 aromatic rings. The van der Waals surface area contributed by atoms with Gasteiger partial charge in [0.15, 0.2) is 0 Å². The van der Waals surface area contributed by atoms with Crippen molar-refractivity contribution in [2.75, 3.05) is 7.11 Å². The van der Waals surface area contributed by atoms with E-state index in [1.807, 2.05) is 13.8 Å². The first-order valence-electron chi connectivity index (χ1n) is 5.12. The summed E-state index contributed by atoms with van der Waals surface area (Å²) in [5.41, 5.74) is 5.92. The number of hydrogen-bond donors (Lipinski definition) is 1. The van der Waals surface area contributed by atoms with Crippen LogP contribution in [0.1, 0.15) is 19.4 Å². The van der Waals surface area contributed by atoms with Gasteiger partial charge in [-0.1, -0.05) is 17.7 Å². The minimum Gasteiger partial charge on any atom is -0.377 e. The Labute approximate surface area is 101 Å². The number of rotatable bonds is 4. The van der Waals surface area contributed by atoms with E-state index in [1.165, 1.54) is 6.07 Å². The van der Waals surface area contributed by atoms with Gasteiger partial charge >= 0.3 is 0 Å². The predicted molar refractivity (Wildman–Crippen MR) is 64.2 cm³/mol. The summed E-state index contributed by atoms with van der Waals surface area (Å²) < 4.78 is 18.8. The Bertz CT molecular complexity index is 348. The highest BCUT2D eigenvalue weighted by Gasteiger charge is 2.27. The molecule has 0 aliphatic heterocycles. The highest BCUT2D eigenvalue weighted by Crippen LogP contribution is 2.23. The van der Waals surface area contributed by atoms with Crippen molar-refractivity contribution < 1.29 is 9.13 Å². The number of nitrogens with two attached hydrogens (primary N) is 1. The topological polar surface area (TPSA) is 35.2 Å². The average Bonchev–Trinajstić information content (AvgIpc) is 2.23. The van der Waals surface area contributed by atoms with E-state index in [-0.39, 0.29) is 11.9 Å². The van der Waals surface area contributed by atoms with E-state index >= 15 is 0 Å². The third-order valence-corrected chi connectivity index (χ3v) is 3.26. The fraction of sp³-hybridized carbons (Fsp3) is 0.500. The van der Waals surface area contributed by atoms with E-state index in [0.717, 1.165) is 0 Å². The van der Waals surface area contributed by atoms with Gasteiger partial charge in [0.2, 0.25) is 0 Å². The molecular formula is C12H17ClFNO. The van der Waals surface area contributed by atoms with Crippen LogP contribution < -0.4 is 5.73 Å². The lowest BCUT2D eigenvalue weighted by molar-refractivity contribution is 0.000645. The van der Waals surface area contributed by atoms with Gasteiger partial charge in [-0.15, -0.1) is 0 Å². The van der Waals surface area contributed by atoms with E-state index in [4.69, 9.17) is 22.1 Å². The monoisotopic (exact) mass is 245 g/mol. The maximum Gasteiger partial charge on any atom is 0.127 e. The molecule has 2 nitrogen and oxygen atoms in total. The lowest BCUT2D eigenvalue weighted by Crippen LogP contribution is -2.46. The van der Waals surface area contributed by atoms with Crippen molar-refractivity contribution in [1.29, 1.82) is 0 Å². The van der Waals surface area contributed by atoms with Crippen LogP contribution in [0.25, 0.3) is 0 Å². The molecule has 0 heterocycles. The number of hydrogen-bond acceptors (Lipinski definition) is 2. The minimum atomic E-state index is -0.508. The summed E-state index contributed by atoms with van der Waals surface area (Å²) in [5, 5.41) is 0.405. The SMILES string of the molecule is COC(C)(C)C(N)Cc1c(F)cccc1Cl. The molecule has 1 rings (SSSR count). The van der Waals surface area contributed by atoms with Crippen LogP contribution in [0.4, 0.5) is 4.39 Å². The second-order valence-corrected chi connectivity index (χ2v) is 4.73. The molecule has 0 aliphatic rings. The maximum atomic E-state index is 13.5. The van der Waals surface area contributed by atoms with Gasteiger partial charge in [0.1, 0.15) is 5.82 Å². The summed E-state index contributed by atoms with van der Waals surface area (Å²) in [6.45, 7) is 3.73. The third-order valence-electron chi connectivity index (χ3n) is 2.90. The highest BCUT2D eigenvalue weighted by molar-refractivity contribution is 6.31. The first kappa shape index (κ1) is 13.4.